The molecule has 3 nitrogen and oxygen atoms in total. The van der Waals surface area contributed by atoms with Crippen molar-refractivity contribution in [1.29, 1.82) is 0 Å². The molecule has 3 heteroatoms. The number of aromatic nitrogens is 1. The smallest absolute Gasteiger partial charge is 0.0685 e. The maximum atomic E-state index is 4.40. The zero-order chi connectivity index (χ0) is 31.1. The van der Waals surface area contributed by atoms with Crippen LogP contribution in [0.4, 0.5) is 0 Å². The van der Waals surface area contributed by atoms with Gasteiger partial charge in [-0.15, -0.1) is 6.58 Å². The SMILES string of the molecule is C=CC.C=Cc1ccc(CNC(=C)C(=C)/C=C(/C(=C)NCC2C=CC(C)=C(C)C2)n2cc(C)cc2C)cc1C.CC. The molecule has 0 fully saturated rings. The van der Waals surface area contributed by atoms with E-state index in [1.54, 1.807) is 6.08 Å². The van der Waals surface area contributed by atoms with Gasteiger partial charge in [0.1, 0.15) is 0 Å². The van der Waals surface area contributed by atoms with Crippen LogP contribution in [0.15, 0.2) is 116 Å². The van der Waals surface area contributed by atoms with E-state index in [0.29, 0.717) is 12.5 Å². The predicted octanol–water partition coefficient (Wildman–Crippen LogP) is 9.99. The minimum atomic E-state index is 0.454. The molecule has 1 heterocycles. The van der Waals surface area contributed by atoms with Gasteiger partial charge in [-0.2, -0.15) is 0 Å². The van der Waals surface area contributed by atoms with Crippen molar-refractivity contribution in [3.63, 3.8) is 0 Å². The van der Waals surface area contributed by atoms with E-state index >= 15 is 0 Å². The summed E-state index contributed by atoms with van der Waals surface area (Å²) in [6.45, 7) is 38.3. The first-order chi connectivity index (χ1) is 19.5. The molecule has 0 bridgehead atoms. The molecule has 1 aromatic heterocycles. The van der Waals surface area contributed by atoms with Crippen LogP contribution >= 0.6 is 0 Å². The molecule has 2 aromatic rings. The molecule has 1 atom stereocenters. The first kappa shape index (κ1) is 35.0. The minimum Gasteiger partial charge on any atom is -0.383 e. The zero-order valence-electron chi connectivity index (χ0n) is 27.0. The lowest BCUT2D eigenvalue weighted by atomic mass is 9.91. The number of nitrogens with one attached hydrogen (secondary N) is 2. The standard InChI is InChI=1S/C33H41N3.C3H6.C2H6/c1-10-32-14-13-31(17-26(32)6)19-34-28(8)25(5)18-33(36-21-22(2)15-27(36)7)29(9)35-20-30-12-11-23(3)24(4)16-30;1-3-2;1-2/h10-15,17-18,21,30,34-35H,1,5,8-9,16,19-20H2,2-4,6-7H3;3H,1H2,2H3;1-2H3/b33-18-;;. The number of allylic oxidation sites excluding steroid dienone is 6. The third-order valence-corrected chi connectivity index (χ3v) is 6.91. The monoisotopic (exact) mass is 551 g/mol. The predicted molar refractivity (Wildman–Crippen MR) is 185 cm³/mol. The molecular weight excluding hydrogens is 498 g/mol. The van der Waals surface area contributed by atoms with E-state index < -0.39 is 0 Å². The fraction of sp³-hybridized carbons (Fsp3) is 0.316. The van der Waals surface area contributed by atoms with Crippen molar-refractivity contribution in [3.8, 4) is 0 Å². The van der Waals surface area contributed by atoms with Crippen molar-refractivity contribution in [2.24, 2.45) is 5.92 Å². The van der Waals surface area contributed by atoms with Crippen LogP contribution in [0.2, 0.25) is 0 Å². The number of benzene rings is 1. The van der Waals surface area contributed by atoms with Crippen molar-refractivity contribution in [2.45, 2.75) is 68.4 Å². The molecule has 0 saturated carbocycles. The Kier molecular flexibility index (Phi) is 15.1. The Morgan fingerprint density at radius 2 is 1.63 bits per heavy atom. The van der Waals surface area contributed by atoms with E-state index in [1.807, 2.05) is 26.8 Å². The lowest BCUT2D eigenvalue weighted by Crippen LogP contribution is -2.24. The van der Waals surface area contributed by atoms with E-state index in [2.05, 4.69) is 131 Å². The summed E-state index contributed by atoms with van der Waals surface area (Å²) in [5, 5.41) is 7.02. The van der Waals surface area contributed by atoms with Gasteiger partial charge in [0.2, 0.25) is 0 Å². The Bertz CT molecular complexity index is 1320. The van der Waals surface area contributed by atoms with Gasteiger partial charge in [-0.25, -0.2) is 0 Å². The van der Waals surface area contributed by atoms with Crippen molar-refractivity contribution in [1.82, 2.24) is 15.2 Å². The zero-order valence-corrected chi connectivity index (χ0v) is 27.0. The number of hydrogen-bond acceptors (Lipinski definition) is 2. The summed E-state index contributed by atoms with van der Waals surface area (Å²) in [4.78, 5) is 0. The highest BCUT2D eigenvalue weighted by Crippen LogP contribution is 2.25. The van der Waals surface area contributed by atoms with Gasteiger partial charge >= 0.3 is 0 Å². The van der Waals surface area contributed by atoms with E-state index in [1.165, 1.54) is 27.8 Å². The topological polar surface area (TPSA) is 29.0 Å². The summed E-state index contributed by atoms with van der Waals surface area (Å²) in [5.41, 5.74) is 12.2. The Balaban J connectivity index is 0.00000157. The highest BCUT2D eigenvalue weighted by atomic mass is 15.0. The van der Waals surface area contributed by atoms with E-state index in [9.17, 15) is 0 Å². The summed E-state index contributed by atoms with van der Waals surface area (Å²) in [5.74, 6) is 0.454. The first-order valence-electron chi connectivity index (χ1n) is 14.6. The molecular formula is C38H53N3. The number of rotatable bonds is 11. The number of nitrogens with zero attached hydrogens (tertiary/aromatic N) is 1. The Labute approximate surface area is 251 Å². The summed E-state index contributed by atoms with van der Waals surface area (Å²) < 4.78 is 2.17. The molecule has 0 amide bonds. The van der Waals surface area contributed by atoms with Crippen LogP contribution in [0.25, 0.3) is 11.8 Å². The van der Waals surface area contributed by atoms with E-state index in [-0.39, 0.29) is 0 Å². The first-order valence-corrected chi connectivity index (χ1v) is 14.6. The van der Waals surface area contributed by atoms with Crippen molar-refractivity contribution in [3.05, 3.63) is 144 Å². The second-order valence-electron chi connectivity index (χ2n) is 10.4. The number of hydrogen-bond donors (Lipinski definition) is 2. The van der Waals surface area contributed by atoms with Crippen LogP contribution in [0.3, 0.4) is 0 Å². The molecule has 3 rings (SSSR count). The maximum Gasteiger partial charge on any atom is 0.0685 e. The van der Waals surface area contributed by atoms with Crippen molar-refractivity contribution >= 4 is 11.8 Å². The third kappa shape index (κ3) is 10.8. The van der Waals surface area contributed by atoms with Gasteiger partial charge in [-0.3, -0.25) is 0 Å². The van der Waals surface area contributed by atoms with Gasteiger partial charge < -0.3 is 15.2 Å². The van der Waals surface area contributed by atoms with Gasteiger partial charge in [-0.05, 0) is 93.9 Å². The molecule has 1 unspecified atom stereocenters. The van der Waals surface area contributed by atoms with Crippen LogP contribution in [-0.4, -0.2) is 11.1 Å². The van der Waals surface area contributed by atoms with Crippen LogP contribution < -0.4 is 10.6 Å². The Hall–Kier alpha value is -3.98. The van der Waals surface area contributed by atoms with E-state index in [4.69, 9.17) is 0 Å². The van der Waals surface area contributed by atoms with Gasteiger partial charge in [0.15, 0.2) is 0 Å². The van der Waals surface area contributed by atoms with Gasteiger partial charge in [0.25, 0.3) is 0 Å². The quantitative estimate of drug-likeness (QED) is 0.215. The normalized spacial score (nSPS) is 14.1. The summed E-state index contributed by atoms with van der Waals surface area (Å²) in [7, 11) is 0. The summed E-state index contributed by atoms with van der Waals surface area (Å²) >= 11 is 0. The van der Waals surface area contributed by atoms with Gasteiger partial charge in [0.05, 0.1) is 11.4 Å². The molecule has 220 valence electrons. The van der Waals surface area contributed by atoms with Gasteiger partial charge in [-0.1, -0.05) is 93.8 Å². The van der Waals surface area contributed by atoms with Crippen LogP contribution in [-0.2, 0) is 6.54 Å². The van der Waals surface area contributed by atoms with Crippen LogP contribution in [0.1, 0.15) is 69.0 Å². The molecule has 0 spiro atoms. The molecule has 0 aliphatic heterocycles. The molecule has 1 aliphatic carbocycles. The fourth-order valence-electron chi connectivity index (χ4n) is 4.48. The summed E-state index contributed by atoms with van der Waals surface area (Å²) in [6.07, 6.45) is 13.4. The highest BCUT2D eigenvalue weighted by Gasteiger charge is 2.15. The largest absolute Gasteiger partial charge is 0.383 e. The molecule has 1 aromatic carbocycles. The number of aryl methyl sites for hydroxylation is 3. The van der Waals surface area contributed by atoms with Gasteiger partial charge in [0, 0.05) is 30.7 Å². The van der Waals surface area contributed by atoms with Crippen LogP contribution in [0, 0.1) is 26.7 Å². The van der Waals surface area contributed by atoms with Crippen molar-refractivity contribution in [2.75, 3.05) is 6.54 Å². The molecule has 1 aliphatic rings. The van der Waals surface area contributed by atoms with E-state index in [0.717, 1.165) is 46.9 Å². The lowest BCUT2D eigenvalue weighted by Gasteiger charge is -2.23. The molecule has 0 saturated heterocycles. The molecule has 2 N–H and O–H groups in total. The fourth-order valence-corrected chi connectivity index (χ4v) is 4.48. The average molecular weight is 552 g/mol. The average Bonchev–Trinajstić information content (AvgIpc) is 3.29. The van der Waals surface area contributed by atoms with Crippen molar-refractivity contribution < 1.29 is 0 Å². The van der Waals surface area contributed by atoms with Crippen LogP contribution in [0.5, 0.6) is 0 Å². The minimum absolute atomic E-state index is 0.454. The third-order valence-electron chi connectivity index (χ3n) is 6.91. The molecule has 41 heavy (non-hydrogen) atoms. The maximum absolute atomic E-state index is 4.40. The molecule has 0 radical (unpaired) electrons. The highest BCUT2D eigenvalue weighted by molar-refractivity contribution is 5.68. The second-order valence-corrected chi connectivity index (χ2v) is 10.4. The second kappa shape index (κ2) is 17.7. The lowest BCUT2D eigenvalue weighted by molar-refractivity contribution is 0.590. The Morgan fingerprint density at radius 1 is 0.976 bits per heavy atom. The Morgan fingerprint density at radius 3 is 2.17 bits per heavy atom. The summed E-state index contributed by atoms with van der Waals surface area (Å²) in [6, 6.07) is 8.57.